The Labute approximate surface area is 93.4 Å². The molecule has 15 heavy (non-hydrogen) atoms. The fraction of sp³-hybridized carbons (Fsp3) is 0.400. The van der Waals surface area contributed by atoms with E-state index < -0.39 is 6.04 Å². The zero-order valence-corrected chi connectivity index (χ0v) is 9.63. The second-order valence-electron chi connectivity index (χ2n) is 3.27. The van der Waals surface area contributed by atoms with Crippen LogP contribution in [0.2, 0.25) is 5.02 Å². The fourth-order valence-electron chi connectivity index (χ4n) is 1.28. The Balaban J connectivity index is 3.28. The highest BCUT2D eigenvalue weighted by Crippen LogP contribution is 2.29. The van der Waals surface area contributed by atoms with Crippen molar-refractivity contribution in [3.8, 4) is 5.75 Å². The van der Waals surface area contributed by atoms with E-state index in [1.165, 1.54) is 13.3 Å². The predicted molar refractivity (Wildman–Crippen MR) is 58.5 cm³/mol. The van der Waals surface area contributed by atoms with E-state index in [9.17, 15) is 4.79 Å². The molecule has 1 atom stereocenters. The first kappa shape index (κ1) is 11.9. The Kier molecular flexibility index (Phi) is 3.66. The molecule has 2 N–H and O–H groups in total. The van der Waals surface area contributed by atoms with Gasteiger partial charge in [0.15, 0.2) is 5.78 Å². The molecule has 82 valence electrons. The van der Waals surface area contributed by atoms with Crippen LogP contribution in [-0.4, -0.2) is 23.9 Å². The van der Waals surface area contributed by atoms with E-state index in [0.717, 1.165) is 0 Å². The number of halogens is 1. The van der Waals surface area contributed by atoms with Gasteiger partial charge in [-0.3, -0.25) is 9.78 Å². The number of rotatable bonds is 3. The summed E-state index contributed by atoms with van der Waals surface area (Å²) in [4.78, 5) is 15.6. The SMILES string of the molecule is COc1c(Cl)cnc(C(=O)C(C)N)c1C. The first-order valence-electron chi connectivity index (χ1n) is 4.48. The largest absolute Gasteiger partial charge is 0.495 e. The van der Waals surface area contributed by atoms with Crippen LogP contribution in [0, 0.1) is 6.92 Å². The van der Waals surface area contributed by atoms with E-state index in [0.29, 0.717) is 22.0 Å². The third-order valence-electron chi connectivity index (χ3n) is 2.07. The average molecular weight is 229 g/mol. The van der Waals surface area contributed by atoms with Crippen molar-refractivity contribution >= 4 is 17.4 Å². The lowest BCUT2D eigenvalue weighted by Gasteiger charge is -2.11. The number of ketones is 1. The molecule has 1 aromatic heterocycles. The summed E-state index contributed by atoms with van der Waals surface area (Å²) in [6.07, 6.45) is 1.39. The summed E-state index contributed by atoms with van der Waals surface area (Å²) in [7, 11) is 1.49. The number of carbonyl (C=O) groups is 1. The van der Waals surface area contributed by atoms with Gasteiger partial charge in [-0.2, -0.15) is 0 Å². The van der Waals surface area contributed by atoms with Crippen LogP contribution in [0.5, 0.6) is 5.75 Å². The van der Waals surface area contributed by atoms with Gasteiger partial charge in [0.05, 0.1) is 19.3 Å². The Morgan fingerprint density at radius 3 is 2.73 bits per heavy atom. The molecule has 1 rings (SSSR count). The molecule has 0 aliphatic carbocycles. The minimum Gasteiger partial charge on any atom is -0.495 e. The maximum atomic E-state index is 11.7. The van der Waals surface area contributed by atoms with Crippen molar-refractivity contribution in [3.05, 3.63) is 22.5 Å². The molecule has 5 heteroatoms. The van der Waals surface area contributed by atoms with Gasteiger partial charge >= 0.3 is 0 Å². The minimum absolute atomic E-state index is 0.220. The van der Waals surface area contributed by atoms with Gasteiger partial charge in [0.25, 0.3) is 0 Å². The number of Topliss-reactive ketones (excluding diaryl/α,β-unsaturated/α-hetero) is 1. The maximum absolute atomic E-state index is 11.7. The molecule has 0 aliphatic heterocycles. The Morgan fingerprint density at radius 1 is 1.67 bits per heavy atom. The number of nitrogens with two attached hydrogens (primary N) is 1. The van der Waals surface area contributed by atoms with Gasteiger partial charge in [0.2, 0.25) is 0 Å². The van der Waals surface area contributed by atoms with E-state index in [4.69, 9.17) is 22.1 Å². The van der Waals surface area contributed by atoms with Crippen LogP contribution >= 0.6 is 11.6 Å². The van der Waals surface area contributed by atoms with E-state index in [-0.39, 0.29) is 5.78 Å². The summed E-state index contributed by atoms with van der Waals surface area (Å²) in [6, 6.07) is -0.581. The molecule has 1 unspecified atom stereocenters. The van der Waals surface area contributed by atoms with Crippen LogP contribution in [-0.2, 0) is 0 Å². The highest BCUT2D eigenvalue weighted by molar-refractivity contribution is 6.32. The summed E-state index contributed by atoms with van der Waals surface area (Å²) >= 11 is 5.86. The topological polar surface area (TPSA) is 65.2 Å². The first-order valence-corrected chi connectivity index (χ1v) is 4.85. The van der Waals surface area contributed by atoms with Crippen LogP contribution in [0.4, 0.5) is 0 Å². The molecule has 0 saturated heterocycles. The Hall–Kier alpha value is -1.13. The van der Waals surface area contributed by atoms with Crippen molar-refractivity contribution in [2.45, 2.75) is 19.9 Å². The summed E-state index contributed by atoms with van der Waals surface area (Å²) in [6.45, 7) is 3.35. The molecule has 0 spiro atoms. The molecular weight excluding hydrogens is 216 g/mol. The average Bonchev–Trinajstić information content (AvgIpc) is 2.17. The molecule has 0 radical (unpaired) electrons. The maximum Gasteiger partial charge on any atom is 0.197 e. The number of ether oxygens (including phenoxy) is 1. The van der Waals surface area contributed by atoms with Gasteiger partial charge in [-0.25, -0.2) is 0 Å². The van der Waals surface area contributed by atoms with Crippen LogP contribution < -0.4 is 10.5 Å². The lowest BCUT2D eigenvalue weighted by molar-refractivity contribution is 0.0962. The summed E-state index contributed by atoms with van der Waals surface area (Å²) in [5, 5.41) is 0.385. The minimum atomic E-state index is -0.581. The predicted octanol–water partition coefficient (Wildman–Crippen LogP) is 1.58. The highest BCUT2D eigenvalue weighted by atomic mass is 35.5. The van der Waals surface area contributed by atoms with Gasteiger partial charge in [0.1, 0.15) is 16.5 Å². The van der Waals surface area contributed by atoms with E-state index in [1.807, 2.05) is 0 Å². The Bertz CT molecular complexity index is 391. The molecule has 0 fully saturated rings. The number of nitrogens with zero attached hydrogens (tertiary/aromatic N) is 1. The molecule has 0 amide bonds. The highest BCUT2D eigenvalue weighted by Gasteiger charge is 2.19. The van der Waals surface area contributed by atoms with Gasteiger partial charge in [-0.15, -0.1) is 0 Å². The van der Waals surface area contributed by atoms with Gasteiger partial charge < -0.3 is 10.5 Å². The van der Waals surface area contributed by atoms with Gasteiger partial charge in [-0.05, 0) is 13.8 Å². The Morgan fingerprint density at radius 2 is 2.27 bits per heavy atom. The second kappa shape index (κ2) is 4.59. The zero-order chi connectivity index (χ0) is 11.6. The van der Waals surface area contributed by atoms with Gasteiger partial charge in [-0.1, -0.05) is 11.6 Å². The number of carbonyl (C=O) groups excluding carboxylic acids is 1. The van der Waals surface area contributed by atoms with E-state index >= 15 is 0 Å². The standard InChI is InChI=1S/C10H13ClN2O2/c1-5-8(9(14)6(2)12)13-4-7(11)10(5)15-3/h4,6H,12H2,1-3H3. The lowest BCUT2D eigenvalue weighted by atomic mass is 10.1. The van der Waals surface area contributed by atoms with Crippen molar-refractivity contribution in [1.29, 1.82) is 0 Å². The second-order valence-corrected chi connectivity index (χ2v) is 3.67. The molecule has 0 aromatic carbocycles. The molecule has 0 bridgehead atoms. The number of pyridine rings is 1. The normalized spacial score (nSPS) is 12.3. The van der Waals surface area contributed by atoms with Crippen molar-refractivity contribution in [2.24, 2.45) is 5.73 Å². The third-order valence-corrected chi connectivity index (χ3v) is 2.34. The molecule has 4 nitrogen and oxygen atoms in total. The third kappa shape index (κ3) is 2.27. The first-order chi connectivity index (χ1) is 6.99. The van der Waals surface area contributed by atoms with Crippen molar-refractivity contribution in [2.75, 3.05) is 7.11 Å². The molecule has 1 heterocycles. The number of hydrogen-bond acceptors (Lipinski definition) is 4. The summed E-state index contributed by atoms with van der Waals surface area (Å²) in [5.41, 5.74) is 6.43. The molecule has 0 aliphatic rings. The summed E-state index contributed by atoms with van der Waals surface area (Å²) in [5.74, 6) is 0.248. The van der Waals surface area contributed by atoms with Gasteiger partial charge in [0, 0.05) is 5.56 Å². The van der Waals surface area contributed by atoms with Crippen molar-refractivity contribution < 1.29 is 9.53 Å². The van der Waals surface area contributed by atoms with Crippen LogP contribution in [0.15, 0.2) is 6.20 Å². The van der Waals surface area contributed by atoms with Crippen LogP contribution in [0.1, 0.15) is 23.0 Å². The number of hydrogen-bond donors (Lipinski definition) is 1. The van der Waals surface area contributed by atoms with E-state index in [2.05, 4.69) is 4.98 Å². The number of methoxy groups -OCH3 is 1. The number of aromatic nitrogens is 1. The lowest BCUT2D eigenvalue weighted by Crippen LogP contribution is -2.28. The monoisotopic (exact) mass is 228 g/mol. The quantitative estimate of drug-likeness (QED) is 0.798. The smallest absolute Gasteiger partial charge is 0.197 e. The molecular formula is C10H13ClN2O2. The summed E-state index contributed by atoms with van der Waals surface area (Å²) < 4.78 is 5.08. The molecule has 1 aromatic rings. The molecule has 0 saturated carbocycles. The van der Waals surface area contributed by atoms with Crippen molar-refractivity contribution in [3.63, 3.8) is 0 Å². The zero-order valence-electron chi connectivity index (χ0n) is 8.87. The van der Waals surface area contributed by atoms with Crippen molar-refractivity contribution in [1.82, 2.24) is 4.98 Å². The fourth-order valence-corrected chi connectivity index (χ4v) is 1.55. The van der Waals surface area contributed by atoms with Crippen LogP contribution in [0.3, 0.4) is 0 Å². The van der Waals surface area contributed by atoms with Crippen LogP contribution in [0.25, 0.3) is 0 Å². The van der Waals surface area contributed by atoms with E-state index in [1.54, 1.807) is 13.8 Å².